The first-order chi connectivity index (χ1) is 8.29. The molecule has 17 heavy (non-hydrogen) atoms. The summed E-state index contributed by atoms with van der Waals surface area (Å²) in [6, 6.07) is 3.57. The summed E-state index contributed by atoms with van der Waals surface area (Å²) in [6.45, 7) is 2.08. The Labute approximate surface area is 97.6 Å². The third kappa shape index (κ3) is 2.87. The minimum absolute atomic E-state index is 0.0128. The first-order valence-corrected chi connectivity index (χ1v) is 5.18. The van der Waals surface area contributed by atoms with Gasteiger partial charge in [-0.3, -0.25) is 9.78 Å². The summed E-state index contributed by atoms with van der Waals surface area (Å²) in [4.78, 5) is 15.1. The number of rotatable bonds is 4. The van der Waals surface area contributed by atoms with Gasteiger partial charge in [-0.15, -0.1) is 10.2 Å². The van der Waals surface area contributed by atoms with Crippen LogP contribution in [0.2, 0.25) is 0 Å². The molecule has 0 atom stereocenters. The molecule has 0 aliphatic carbocycles. The number of esters is 1. The van der Waals surface area contributed by atoms with Crippen molar-refractivity contribution >= 4 is 5.97 Å². The number of carbonyl (C=O) groups excluding carboxylic acids is 1. The van der Waals surface area contributed by atoms with Gasteiger partial charge in [0.15, 0.2) is 0 Å². The molecular formula is C11H11N3O3. The Bertz CT molecular complexity index is 496. The maximum atomic E-state index is 11.2. The Morgan fingerprint density at radius 2 is 2.35 bits per heavy atom. The Kier molecular flexibility index (Phi) is 3.44. The molecule has 0 aromatic carbocycles. The Morgan fingerprint density at radius 3 is 3.06 bits per heavy atom. The fourth-order valence-electron chi connectivity index (χ4n) is 1.27. The molecule has 0 saturated heterocycles. The van der Waals surface area contributed by atoms with E-state index < -0.39 is 0 Å². The number of aromatic nitrogens is 3. The molecule has 0 aliphatic heterocycles. The van der Waals surface area contributed by atoms with Crippen LogP contribution in [0.1, 0.15) is 12.8 Å². The van der Waals surface area contributed by atoms with Crippen molar-refractivity contribution in [3.8, 4) is 11.5 Å². The summed E-state index contributed by atoms with van der Waals surface area (Å²) in [5.41, 5.74) is 0.718. The van der Waals surface area contributed by atoms with Gasteiger partial charge < -0.3 is 9.15 Å². The highest BCUT2D eigenvalue weighted by Gasteiger charge is 2.12. The van der Waals surface area contributed by atoms with Crippen LogP contribution in [-0.2, 0) is 16.0 Å². The highest BCUT2D eigenvalue weighted by Crippen LogP contribution is 2.16. The normalized spacial score (nSPS) is 10.2. The van der Waals surface area contributed by atoms with E-state index in [1.54, 1.807) is 31.5 Å². The third-order valence-corrected chi connectivity index (χ3v) is 1.98. The predicted octanol–water partition coefficient (Wildman–Crippen LogP) is 1.24. The Hall–Kier alpha value is -2.24. The van der Waals surface area contributed by atoms with Gasteiger partial charge in [0.1, 0.15) is 6.42 Å². The third-order valence-electron chi connectivity index (χ3n) is 1.98. The minimum Gasteiger partial charge on any atom is -0.466 e. The molecule has 2 rings (SSSR count). The van der Waals surface area contributed by atoms with Crippen molar-refractivity contribution in [3.63, 3.8) is 0 Å². The molecular weight excluding hydrogens is 222 g/mol. The second-order valence-electron chi connectivity index (χ2n) is 3.22. The first kappa shape index (κ1) is 11.3. The van der Waals surface area contributed by atoms with E-state index in [1.165, 1.54) is 0 Å². The van der Waals surface area contributed by atoms with Crippen LogP contribution in [0.3, 0.4) is 0 Å². The van der Waals surface area contributed by atoms with E-state index in [9.17, 15) is 4.79 Å². The summed E-state index contributed by atoms with van der Waals surface area (Å²) >= 11 is 0. The lowest BCUT2D eigenvalue weighted by Gasteiger charge is -1.96. The van der Waals surface area contributed by atoms with Gasteiger partial charge in [-0.1, -0.05) is 0 Å². The molecule has 6 heteroatoms. The van der Waals surface area contributed by atoms with Crippen LogP contribution in [-0.4, -0.2) is 27.8 Å². The maximum Gasteiger partial charge on any atom is 0.315 e. The molecule has 2 aromatic heterocycles. The fourth-order valence-corrected chi connectivity index (χ4v) is 1.27. The van der Waals surface area contributed by atoms with E-state index in [0.717, 1.165) is 5.56 Å². The smallest absolute Gasteiger partial charge is 0.315 e. The van der Waals surface area contributed by atoms with E-state index in [1.807, 2.05) is 0 Å². The van der Waals surface area contributed by atoms with Crippen LogP contribution in [0, 0.1) is 0 Å². The molecule has 0 unspecified atom stereocenters. The lowest BCUT2D eigenvalue weighted by atomic mass is 10.3. The molecule has 2 heterocycles. The molecule has 0 saturated carbocycles. The number of pyridine rings is 1. The highest BCUT2D eigenvalue weighted by molar-refractivity contribution is 5.71. The lowest BCUT2D eigenvalue weighted by Crippen LogP contribution is -2.07. The number of hydrogen-bond donors (Lipinski definition) is 0. The average molecular weight is 233 g/mol. The molecule has 0 spiro atoms. The van der Waals surface area contributed by atoms with Gasteiger partial charge in [-0.2, -0.15) is 0 Å². The molecule has 0 amide bonds. The van der Waals surface area contributed by atoms with Crippen molar-refractivity contribution in [2.75, 3.05) is 6.61 Å². The van der Waals surface area contributed by atoms with Crippen LogP contribution in [0.15, 0.2) is 28.9 Å². The first-order valence-electron chi connectivity index (χ1n) is 5.18. The fraction of sp³-hybridized carbons (Fsp3) is 0.273. The largest absolute Gasteiger partial charge is 0.466 e. The Morgan fingerprint density at radius 1 is 1.47 bits per heavy atom. The SMILES string of the molecule is CCOC(=O)Cc1nnc(-c2cccnc2)o1. The van der Waals surface area contributed by atoms with Gasteiger partial charge >= 0.3 is 5.97 Å². The molecule has 0 fully saturated rings. The number of ether oxygens (including phenoxy) is 1. The van der Waals surface area contributed by atoms with Gasteiger partial charge in [0.2, 0.25) is 11.8 Å². The standard InChI is InChI=1S/C11H11N3O3/c1-2-16-10(15)6-9-13-14-11(17-9)8-4-3-5-12-7-8/h3-5,7H,2,6H2,1H3. The van der Waals surface area contributed by atoms with Gasteiger partial charge in [0.25, 0.3) is 0 Å². The van der Waals surface area contributed by atoms with Crippen molar-refractivity contribution in [3.05, 3.63) is 30.4 Å². The molecule has 0 radical (unpaired) electrons. The van der Waals surface area contributed by atoms with E-state index in [0.29, 0.717) is 12.5 Å². The summed E-state index contributed by atoms with van der Waals surface area (Å²) in [5.74, 6) is 0.202. The molecule has 6 nitrogen and oxygen atoms in total. The lowest BCUT2D eigenvalue weighted by molar-refractivity contribution is -0.142. The average Bonchev–Trinajstić information content (AvgIpc) is 2.79. The van der Waals surface area contributed by atoms with E-state index in [2.05, 4.69) is 15.2 Å². The quantitative estimate of drug-likeness (QED) is 0.739. The van der Waals surface area contributed by atoms with E-state index in [4.69, 9.17) is 9.15 Å². The van der Waals surface area contributed by atoms with Crippen molar-refractivity contribution < 1.29 is 13.9 Å². The van der Waals surface area contributed by atoms with Crippen molar-refractivity contribution in [2.24, 2.45) is 0 Å². The van der Waals surface area contributed by atoms with Crippen LogP contribution >= 0.6 is 0 Å². The number of hydrogen-bond acceptors (Lipinski definition) is 6. The van der Waals surface area contributed by atoms with Gasteiger partial charge in [-0.05, 0) is 19.1 Å². The summed E-state index contributed by atoms with van der Waals surface area (Å²) < 4.78 is 10.1. The molecule has 0 bridgehead atoms. The zero-order valence-corrected chi connectivity index (χ0v) is 9.29. The zero-order valence-electron chi connectivity index (χ0n) is 9.29. The monoisotopic (exact) mass is 233 g/mol. The second-order valence-corrected chi connectivity index (χ2v) is 3.22. The second kappa shape index (κ2) is 5.20. The van der Waals surface area contributed by atoms with E-state index >= 15 is 0 Å². The Balaban J connectivity index is 2.09. The van der Waals surface area contributed by atoms with Crippen LogP contribution in [0.4, 0.5) is 0 Å². The summed E-state index contributed by atoms with van der Waals surface area (Å²) in [5, 5.41) is 7.60. The van der Waals surface area contributed by atoms with Crippen molar-refractivity contribution in [1.29, 1.82) is 0 Å². The predicted molar refractivity (Wildman–Crippen MR) is 57.9 cm³/mol. The number of nitrogens with zero attached hydrogens (tertiary/aromatic N) is 3. The highest BCUT2D eigenvalue weighted by atomic mass is 16.5. The number of carbonyl (C=O) groups is 1. The zero-order chi connectivity index (χ0) is 12.1. The maximum absolute atomic E-state index is 11.2. The van der Waals surface area contributed by atoms with E-state index in [-0.39, 0.29) is 18.3 Å². The topological polar surface area (TPSA) is 78.1 Å². The van der Waals surface area contributed by atoms with Crippen LogP contribution in [0.5, 0.6) is 0 Å². The van der Waals surface area contributed by atoms with Crippen LogP contribution < -0.4 is 0 Å². The molecule has 88 valence electrons. The summed E-state index contributed by atoms with van der Waals surface area (Å²) in [7, 11) is 0. The van der Waals surface area contributed by atoms with Gasteiger partial charge in [-0.25, -0.2) is 0 Å². The molecule has 0 N–H and O–H groups in total. The van der Waals surface area contributed by atoms with Gasteiger partial charge in [0.05, 0.1) is 12.2 Å². The molecule has 2 aromatic rings. The van der Waals surface area contributed by atoms with Gasteiger partial charge in [0, 0.05) is 12.4 Å². The van der Waals surface area contributed by atoms with Crippen LogP contribution in [0.25, 0.3) is 11.5 Å². The van der Waals surface area contributed by atoms with Crippen molar-refractivity contribution in [1.82, 2.24) is 15.2 Å². The van der Waals surface area contributed by atoms with Crippen molar-refractivity contribution in [2.45, 2.75) is 13.3 Å². The molecule has 0 aliphatic rings. The minimum atomic E-state index is -0.381. The summed E-state index contributed by atoms with van der Waals surface area (Å²) in [6.07, 6.45) is 3.25.